The summed E-state index contributed by atoms with van der Waals surface area (Å²) >= 11 is 0. The van der Waals surface area contributed by atoms with Gasteiger partial charge in [-0.2, -0.15) is 0 Å². The lowest BCUT2D eigenvalue weighted by atomic mass is 9.90. The Kier molecular flexibility index (Phi) is 3.57. The van der Waals surface area contributed by atoms with Crippen molar-refractivity contribution in [2.24, 2.45) is 5.41 Å². The number of carboxylic acids is 1. The first-order valence-corrected chi connectivity index (χ1v) is 7.30. The second-order valence-corrected chi connectivity index (χ2v) is 6.06. The highest BCUT2D eigenvalue weighted by molar-refractivity contribution is 5.80. The lowest BCUT2D eigenvalue weighted by molar-refractivity contribution is -0.144. The van der Waals surface area contributed by atoms with Crippen LogP contribution in [0.1, 0.15) is 31.2 Å². The summed E-state index contributed by atoms with van der Waals surface area (Å²) in [5.41, 5.74) is 1.06. The molecule has 1 aromatic rings. The minimum atomic E-state index is -0.942. The van der Waals surface area contributed by atoms with Crippen molar-refractivity contribution in [2.45, 2.75) is 38.3 Å². The van der Waals surface area contributed by atoms with Crippen LogP contribution < -0.4 is 0 Å². The fraction of sp³-hybridized carbons (Fsp3) is 0.500. The van der Waals surface area contributed by atoms with E-state index in [0.717, 1.165) is 24.8 Å². The molecule has 0 aromatic heterocycles. The highest BCUT2D eigenvalue weighted by Gasteiger charge is 2.51. The number of likely N-dealkylation sites (tertiary alicyclic amines) is 1. The fourth-order valence-corrected chi connectivity index (χ4v) is 2.99. The van der Waals surface area contributed by atoms with Crippen molar-refractivity contribution in [3.8, 4) is 0 Å². The molecule has 5 nitrogen and oxygen atoms in total. The zero-order valence-electron chi connectivity index (χ0n) is 11.8. The van der Waals surface area contributed by atoms with Gasteiger partial charge < -0.3 is 9.84 Å². The third-order valence-electron chi connectivity index (χ3n) is 4.51. The summed E-state index contributed by atoms with van der Waals surface area (Å²) in [6, 6.07) is 8.65. The normalized spacial score (nSPS) is 22.9. The van der Waals surface area contributed by atoms with Crippen molar-refractivity contribution in [3.63, 3.8) is 0 Å². The van der Waals surface area contributed by atoms with Crippen molar-refractivity contribution in [1.82, 2.24) is 4.90 Å². The zero-order valence-corrected chi connectivity index (χ0v) is 11.8. The van der Waals surface area contributed by atoms with Gasteiger partial charge in [-0.3, -0.25) is 4.90 Å². The van der Waals surface area contributed by atoms with E-state index in [-0.39, 0.29) is 12.0 Å². The van der Waals surface area contributed by atoms with Crippen molar-refractivity contribution in [2.75, 3.05) is 6.54 Å². The molecular weight excluding hydrogens is 270 g/mol. The maximum Gasteiger partial charge on any atom is 0.410 e. The van der Waals surface area contributed by atoms with Crippen molar-refractivity contribution < 1.29 is 19.4 Å². The Morgan fingerprint density at radius 2 is 1.95 bits per heavy atom. The maximum atomic E-state index is 12.2. The molecular formula is C16H19NO4. The van der Waals surface area contributed by atoms with Crippen LogP contribution in [0.3, 0.4) is 0 Å². The number of nitrogens with zero attached hydrogens (tertiary/aromatic N) is 1. The molecule has 1 saturated carbocycles. The van der Waals surface area contributed by atoms with Gasteiger partial charge in [-0.05, 0) is 36.7 Å². The molecule has 1 unspecified atom stereocenters. The topological polar surface area (TPSA) is 66.8 Å². The van der Waals surface area contributed by atoms with E-state index in [2.05, 4.69) is 0 Å². The largest absolute Gasteiger partial charge is 0.480 e. The number of benzene rings is 1. The van der Waals surface area contributed by atoms with E-state index in [1.165, 1.54) is 4.90 Å². The number of carboxylic acid groups (broad SMARTS) is 1. The molecule has 21 heavy (non-hydrogen) atoms. The van der Waals surface area contributed by atoms with Crippen molar-refractivity contribution in [3.05, 3.63) is 35.9 Å². The smallest absolute Gasteiger partial charge is 0.410 e. The van der Waals surface area contributed by atoms with E-state index < -0.39 is 18.1 Å². The van der Waals surface area contributed by atoms with Gasteiger partial charge in [0.05, 0.1) is 0 Å². The lowest BCUT2D eigenvalue weighted by Crippen LogP contribution is -2.51. The molecule has 2 fully saturated rings. The molecule has 1 atom stereocenters. The second kappa shape index (κ2) is 5.39. The number of carbonyl (C=O) groups excluding carboxylic acids is 1. The monoisotopic (exact) mass is 289 g/mol. The van der Waals surface area contributed by atoms with Crippen LogP contribution in [0.2, 0.25) is 0 Å². The molecule has 1 aliphatic carbocycles. The molecule has 2 aliphatic rings. The fourth-order valence-electron chi connectivity index (χ4n) is 2.99. The van der Waals surface area contributed by atoms with E-state index in [1.807, 2.05) is 30.3 Å². The summed E-state index contributed by atoms with van der Waals surface area (Å²) < 4.78 is 5.29. The highest BCUT2D eigenvalue weighted by atomic mass is 16.6. The predicted molar refractivity (Wildman–Crippen MR) is 75.7 cm³/mol. The van der Waals surface area contributed by atoms with Gasteiger partial charge in [0.1, 0.15) is 12.6 Å². The molecule has 112 valence electrons. The Morgan fingerprint density at radius 3 is 2.57 bits per heavy atom. The number of carbonyl (C=O) groups is 2. The summed E-state index contributed by atoms with van der Waals surface area (Å²) in [7, 11) is 0. The quantitative estimate of drug-likeness (QED) is 0.929. The van der Waals surface area contributed by atoms with Crippen molar-refractivity contribution in [1.29, 1.82) is 0 Å². The van der Waals surface area contributed by atoms with E-state index in [9.17, 15) is 14.7 Å². The Balaban J connectivity index is 1.64. The maximum absolute atomic E-state index is 12.2. The summed E-state index contributed by atoms with van der Waals surface area (Å²) in [5, 5.41) is 9.28. The molecule has 0 radical (unpaired) electrons. The van der Waals surface area contributed by atoms with Crippen LogP contribution in [-0.4, -0.2) is 34.7 Å². The molecule has 5 heteroatoms. The second-order valence-electron chi connectivity index (χ2n) is 6.06. The molecule has 1 spiro atoms. The van der Waals surface area contributed by atoms with E-state index in [4.69, 9.17) is 4.74 Å². The number of ether oxygens (including phenoxy) is 1. The molecule has 1 amide bonds. The Labute approximate surface area is 123 Å². The van der Waals surface area contributed by atoms with Crippen LogP contribution in [0.15, 0.2) is 30.3 Å². The van der Waals surface area contributed by atoms with E-state index in [0.29, 0.717) is 13.0 Å². The summed E-state index contributed by atoms with van der Waals surface area (Å²) in [5.74, 6) is -0.942. The standard InChI is InChI=1S/C16H19NO4/c18-14(19)13-6-7-16(8-9-16)11-17(13)15(20)21-10-12-4-2-1-3-5-12/h1-5,13H,6-11H2,(H,18,19). The van der Waals surface area contributed by atoms with E-state index in [1.54, 1.807) is 0 Å². The Morgan fingerprint density at radius 1 is 1.24 bits per heavy atom. The van der Waals surface area contributed by atoms with Gasteiger partial charge >= 0.3 is 12.1 Å². The third kappa shape index (κ3) is 3.01. The average Bonchev–Trinajstić information content (AvgIpc) is 3.24. The summed E-state index contributed by atoms with van der Waals surface area (Å²) in [6.07, 6.45) is 3.07. The minimum absolute atomic E-state index is 0.164. The molecule has 1 aliphatic heterocycles. The number of hydrogen-bond acceptors (Lipinski definition) is 3. The Bertz CT molecular complexity index is 538. The van der Waals surface area contributed by atoms with Gasteiger partial charge in [0.2, 0.25) is 0 Å². The first-order valence-electron chi connectivity index (χ1n) is 7.30. The van der Waals surface area contributed by atoms with Crippen LogP contribution in [0, 0.1) is 5.41 Å². The number of piperidine rings is 1. The first kappa shape index (κ1) is 13.9. The highest BCUT2D eigenvalue weighted by Crippen LogP contribution is 2.53. The van der Waals surface area contributed by atoms with Crippen molar-refractivity contribution >= 4 is 12.1 Å². The SMILES string of the molecule is O=C(O)C1CCC2(CC2)CN1C(=O)OCc1ccccc1. The molecule has 1 aromatic carbocycles. The van der Waals surface area contributed by atoms with Crippen LogP contribution in [0.25, 0.3) is 0 Å². The van der Waals surface area contributed by atoms with Gasteiger partial charge in [0.15, 0.2) is 0 Å². The average molecular weight is 289 g/mol. The molecule has 0 bridgehead atoms. The van der Waals surface area contributed by atoms with Crippen LogP contribution in [0.5, 0.6) is 0 Å². The minimum Gasteiger partial charge on any atom is -0.480 e. The molecule has 1 N–H and O–H groups in total. The van der Waals surface area contributed by atoms with Crippen LogP contribution >= 0.6 is 0 Å². The van der Waals surface area contributed by atoms with Gasteiger partial charge in [0, 0.05) is 6.54 Å². The van der Waals surface area contributed by atoms with Crippen LogP contribution in [-0.2, 0) is 16.1 Å². The summed E-state index contributed by atoms with van der Waals surface area (Å²) in [4.78, 5) is 25.0. The van der Waals surface area contributed by atoms with Gasteiger partial charge in [-0.15, -0.1) is 0 Å². The molecule has 3 rings (SSSR count). The number of hydrogen-bond donors (Lipinski definition) is 1. The number of rotatable bonds is 3. The van der Waals surface area contributed by atoms with Gasteiger partial charge in [-0.1, -0.05) is 30.3 Å². The van der Waals surface area contributed by atoms with Gasteiger partial charge in [0.25, 0.3) is 0 Å². The van der Waals surface area contributed by atoms with Gasteiger partial charge in [-0.25, -0.2) is 9.59 Å². The summed E-state index contributed by atoms with van der Waals surface area (Å²) in [6.45, 7) is 0.688. The van der Waals surface area contributed by atoms with Crippen LogP contribution in [0.4, 0.5) is 4.79 Å². The number of aliphatic carboxylic acids is 1. The Hall–Kier alpha value is -2.04. The number of amides is 1. The third-order valence-corrected chi connectivity index (χ3v) is 4.51. The molecule has 1 saturated heterocycles. The zero-order chi connectivity index (χ0) is 14.9. The lowest BCUT2D eigenvalue weighted by Gasteiger charge is -2.37. The molecule has 1 heterocycles. The predicted octanol–water partition coefficient (Wildman–Crippen LogP) is 2.65. The first-order chi connectivity index (χ1) is 10.1. The van der Waals surface area contributed by atoms with E-state index >= 15 is 0 Å².